The van der Waals surface area contributed by atoms with Crippen molar-refractivity contribution in [2.24, 2.45) is 5.73 Å². The summed E-state index contributed by atoms with van der Waals surface area (Å²) in [6, 6.07) is 7.25. The van der Waals surface area contributed by atoms with Crippen molar-refractivity contribution in [3.8, 4) is 0 Å². The van der Waals surface area contributed by atoms with E-state index in [0.717, 1.165) is 12.7 Å². The van der Waals surface area contributed by atoms with E-state index in [1.165, 1.54) is 0 Å². The minimum atomic E-state index is -4.76. The van der Waals surface area contributed by atoms with E-state index in [2.05, 4.69) is 10.1 Å². The van der Waals surface area contributed by atoms with Crippen molar-refractivity contribution in [1.82, 2.24) is 5.32 Å². The van der Waals surface area contributed by atoms with Crippen LogP contribution in [0.4, 0.5) is 13.2 Å². The van der Waals surface area contributed by atoms with Crippen molar-refractivity contribution < 1.29 is 27.4 Å². The summed E-state index contributed by atoms with van der Waals surface area (Å²) in [7, 11) is 0.980. The summed E-state index contributed by atoms with van der Waals surface area (Å²) < 4.78 is 49.1. The third-order valence-corrected chi connectivity index (χ3v) is 3.90. The molecule has 24 heavy (non-hydrogen) atoms. The first kappa shape index (κ1) is 20.3. The molecule has 0 radical (unpaired) electrons. The Kier molecular flexibility index (Phi) is 8.02. The highest BCUT2D eigenvalue weighted by Gasteiger charge is 2.49. The van der Waals surface area contributed by atoms with Crippen LogP contribution >= 0.6 is 11.8 Å². The second-order valence-electron chi connectivity index (χ2n) is 4.63. The molecule has 0 aliphatic carbocycles. The SMILES string of the molecule is COC(=O)C(NCOCc1ccccc1)C(SC(=N)N)C(F)(F)F. The molecule has 0 saturated heterocycles. The highest BCUT2D eigenvalue weighted by atomic mass is 32.2. The lowest BCUT2D eigenvalue weighted by molar-refractivity contribution is -0.158. The molecule has 0 heterocycles. The molecule has 0 bridgehead atoms. The zero-order valence-electron chi connectivity index (χ0n) is 12.8. The first-order valence-corrected chi connectivity index (χ1v) is 7.64. The fourth-order valence-electron chi connectivity index (χ4n) is 1.79. The number of carbonyl (C=O) groups is 1. The standard InChI is InChI=1S/C14H18F3N3O3S/c1-22-12(21)10(11(14(15,16)17)24-13(18)19)20-8-23-7-9-5-3-2-4-6-9/h2-6,10-11,20H,7-8H2,1H3,(H3,18,19). The number of esters is 1. The number of ether oxygens (including phenoxy) is 2. The van der Waals surface area contributed by atoms with Crippen LogP contribution in [0.2, 0.25) is 0 Å². The number of carbonyl (C=O) groups excluding carboxylic acids is 1. The van der Waals surface area contributed by atoms with Crippen LogP contribution in [0.3, 0.4) is 0 Å². The zero-order valence-corrected chi connectivity index (χ0v) is 13.6. The molecule has 1 rings (SSSR count). The number of rotatable bonds is 8. The van der Waals surface area contributed by atoms with Crippen molar-refractivity contribution in [3.63, 3.8) is 0 Å². The number of amidine groups is 1. The number of nitrogens with one attached hydrogen (secondary N) is 2. The maximum atomic E-state index is 13.1. The normalized spacial score (nSPS) is 14.0. The highest BCUT2D eigenvalue weighted by molar-refractivity contribution is 8.14. The Labute approximate surface area is 141 Å². The number of benzene rings is 1. The number of nitrogens with two attached hydrogens (primary N) is 1. The molecule has 0 aliphatic heterocycles. The Hall–Kier alpha value is -1.78. The molecular formula is C14H18F3N3O3S. The Morgan fingerprint density at radius 2 is 2.00 bits per heavy atom. The average molecular weight is 365 g/mol. The lowest BCUT2D eigenvalue weighted by Crippen LogP contribution is -2.52. The molecule has 1 aromatic rings. The van der Waals surface area contributed by atoms with Crippen LogP contribution in [0.5, 0.6) is 0 Å². The molecule has 2 unspecified atom stereocenters. The number of thioether (sulfide) groups is 1. The monoisotopic (exact) mass is 365 g/mol. The molecule has 0 amide bonds. The summed E-state index contributed by atoms with van der Waals surface area (Å²) in [5.74, 6) is -1.12. The first-order chi connectivity index (χ1) is 11.3. The van der Waals surface area contributed by atoms with E-state index in [1.54, 1.807) is 24.3 Å². The molecular weight excluding hydrogens is 347 g/mol. The van der Waals surface area contributed by atoms with Crippen LogP contribution in [0.15, 0.2) is 30.3 Å². The van der Waals surface area contributed by atoms with Crippen LogP contribution in [-0.2, 0) is 20.9 Å². The van der Waals surface area contributed by atoms with Crippen molar-refractivity contribution >= 4 is 22.9 Å². The Morgan fingerprint density at radius 1 is 1.38 bits per heavy atom. The minimum Gasteiger partial charge on any atom is -0.468 e. The molecule has 1 aromatic carbocycles. The summed E-state index contributed by atoms with van der Waals surface area (Å²) in [6.45, 7) is -0.141. The summed E-state index contributed by atoms with van der Waals surface area (Å²) in [5.41, 5.74) is 5.87. The van der Waals surface area contributed by atoms with Gasteiger partial charge in [-0.1, -0.05) is 42.1 Å². The zero-order chi connectivity index (χ0) is 18.2. The molecule has 0 fully saturated rings. The number of hydrogen-bond acceptors (Lipinski definition) is 6. The van der Waals surface area contributed by atoms with Crippen LogP contribution in [0.25, 0.3) is 0 Å². The van der Waals surface area contributed by atoms with E-state index in [9.17, 15) is 18.0 Å². The van der Waals surface area contributed by atoms with E-state index in [4.69, 9.17) is 15.9 Å². The Morgan fingerprint density at radius 3 is 2.50 bits per heavy atom. The van der Waals surface area contributed by atoms with Crippen LogP contribution in [0, 0.1) is 5.41 Å². The van der Waals surface area contributed by atoms with Gasteiger partial charge in [0, 0.05) is 0 Å². The molecule has 0 spiro atoms. The first-order valence-electron chi connectivity index (χ1n) is 6.76. The van der Waals surface area contributed by atoms with Gasteiger partial charge in [0.2, 0.25) is 0 Å². The van der Waals surface area contributed by atoms with E-state index < -0.39 is 28.6 Å². The van der Waals surface area contributed by atoms with Crippen molar-refractivity contribution in [1.29, 1.82) is 5.41 Å². The molecule has 134 valence electrons. The van der Waals surface area contributed by atoms with Gasteiger partial charge in [0.1, 0.15) is 11.3 Å². The molecule has 0 aromatic heterocycles. The maximum Gasteiger partial charge on any atom is 0.403 e. The average Bonchev–Trinajstić information content (AvgIpc) is 2.52. The second kappa shape index (κ2) is 9.50. The third-order valence-electron chi connectivity index (χ3n) is 2.85. The second-order valence-corrected chi connectivity index (χ2v) is 5.81. The fraction of sp³-hybridized carbons (Fsp3) is 0.429. The quantitative estimate of drug-likeness (QED) is 0.214. The molecule has 0 aliphatic rings. The lowest BCUT2D eigenvalue weighted by Gasteiger charge is -2.27. The van der Waals surface area contributed by atoms with E-state index in [0.29, 0.717) is 0 Å². The summed E-state index contributed by atoms with van der Waals surface area (Å²) in [5, 5.41) is 6.40. The van der Waals surface area contributed by atoms with Crippen LogP contribution in [-0.4, -0.2) is 42.4 Å². The highest BCUT2D eigenvalue weighted by Crippen LogP contribution is 2.33. The van der Waals surface area contributed by atoms with Gasteiger partial charge in [0.05, 0.1) is 20.4 Å². The largest absolute Gasteiger partial charge is 0.468 e. The van der Waals surface area contributed by atoms with Gasteiger partial charge in [-0.15, -0.1) is 0 Å². The molecule has 6 nitrogen and oxygen atoms in total. The van der Waals surface area contributed by atoms with Crippen molar-refractivity contribution in [2.45, 2.75) is 24.1 Å². The lowest BCUT2D eigenvalue weighted by atomic mass is 10.2. The summed E-state index contributed by atoms with van der Waals surface area (Å²) >= 11 is 0.0299. The number of alkyl halides is 3. The predicted octanol–water partition coefficient (Wildman–Crippen LogP) is 1.85. The van der Waals surface area contributed by atoms with Gasteiger partial charge >= 0.3 is 12.1 Å². The number of methoxy groups -OCH3 is 1. The van der Waals surface area contributed by atoms with E-state index >= 15 is 0 Å². The number of hydrogen-bond donors (Lipinski definition) is 3. The van der Waals surface area contributed by atoms with E-state index in [-0.39, 0.29) is 25.1 Å². The van der Waals surface area contributed by atoms with E-state index in [1.807, 2.05) is 6.07 Å². The third kappa shape index (κ3) is 6.77. The van der Waals surface area contributed by atoms with Crippen molar-refractivity contribution in [2.75, 3.05) is 13.8 Å². The Balaban J connectivity index is 2.69. The fourth-order valence-corrected chi connectivity index (χ4v) is 2.54. The summed E-state index contributed by atoms with van der Waals surface area (Å²) in [6.07, 6.45) is -4.76. The van der Waals surface area contributed by atoms with Gasteiger partial charge in [0.15, 0.2) is 5.17 Å². The Bertz CT molecular complexity index is 543. The summed E-state index contributed by atoms with van der Waals surface area (Å²) in [4.78, 5) is 11.7. The topological polar surface area (TPSA) is 97.4 Å². The maximum absolute atomic E-state index is 13.1. The smallest absolute Gasteiger partial charge is 0.403 e. The van der Waals surface area contributed by atoms with Crippen LogP contribution < -0.4 is 11.1 Å². The molecule has 2 atom stereocenters. The molecule has 10 heteroatoms. The number of halogens is 3. The van der Waals surface area contributed by atoms with Gasteiger partial charge < -0.3 is 15.2 Å². The van der Waals surface area contributed by atoms with Crippen LogP contribution in [0.1, 0.15) is 5.56 Å². The van der Waals surface area contributed by atoms with Gasteiger partial charge in [-0.2, -0.15) is 13.2 Å². The van der Waals surface area contributed by atoms with Gasteiger partial charge in [0.25, 0.3) is 0 Å². The van der Waals surface area contributed by atoms with Gasteiger partial charge in [-0.3, -0.25) is 15.5 Å². The predicted molar refractivity (Wildman–Crippen MR) is 84.4 cm³/mol. The minimum absolute atomic E-state index is 0.0299. The molecule has 4 N–H and O–H groups in total. The van der Waals surface area contributed by atoms with Gasteiger partial charge in [-0.25, -0.2) is 0 Å². The van der Waals surface area contributed by atoms with Crippen molar-refractivity contribution in [3.05, 3.63) is 35.9 Å². The van der Waals surface area contributed by atoms with Gasteiger partial charge in [-0.05, 0) is 5.56 Å². The molecule has 0 saturated carbocycles.